The predicted molar refractivity (Wildman–Crippen MR) is 81.6 cm³/mol. The van der Waals surface area contributed by atoms with Crippen molar-refractivity contribution in [2.24, 2.45) is 5.10 Å². The van der Waals surface area contributed by atoms with Crippen LogP contribution in [0.3, 0.4) is 0 Å². The van der Waals surface area contributed by atoms with Gasteiger partial charge in [0, 0.05) is 6.20 Å². The molecule has 2 aromatic rings. The minimum atomic E-state index is -4.54. The average Bonchev–Trinajstić information content (AvgIpc) is 3.08. The fraction of sp³-hybridized carbons (Fsp3) is 0.308. The summed E-state index contributed by atoms with van der Waals surface area (Å²) in [7, 11) is 0. The maximum absolute atomic E-state index is 12.7. The molecule has 2 heterocycles. The molecule has 0 radical (unpaired) electrons. The number of nitrogens with one attached hydrogen (secondary N) is 1. The van der Waals surface area contributed by atoms with Crippen molar-refractivity contribution in [2.45, 2.75) is 25.6 Å². The van der Waals surface area contributed by atoms with Gasteiger partial charge in [0.05, 0.1) is 9.90 Å². The first-order valence-corrected chi connectivity index (χ1v) is 7.57. The zero-order valence-electron chi connectivity index (χ0n) is 12.1. The first-order chi connectivity index (χ1) is 10.7. The van der Waals surface area contributed by atoms with E-state index in [0.717, 1.165) is 10.7 Å². The summed E-state index contributed by atoms with van der Waals surface area (Å²) in [6, 6.07) is 2.51. The summed E-state index contributed by atoms with van der Waals surface area (Å²) < 4.78 is 39.4. The van der Waals surface area contributed by atoms with Gasteiger partial charge in [-0.2, -0.15) is 23.4 Å². The molecule has 0 spiro atoms. The first-order valence-electron chi connectivity index (χ1n) is 6.32. The van der Waals surface area contributed by atoms with Crippen molar-refractivity contribution in [3.8, 4) is 0 Å². The van der Waals surface area contributed by atoms with Crippen LogP contribution < -0.4 is 5.43 Å². The number of hydrogen-bond acceptors (Lipinski definition) is 4. The van der Waals surface area contributed by atoms with E-state index < -0.39 is 17.4 Å². The summed E-state index contributed by atoms with van der Waals surface area (Å²) in [6.45, 7) is 3.25. The lowest BCUT2D eigenvalue weighted by atomic mass is 9.97. The molecule has 2 rings (SSSR count). The van der Waals surface area contributed by atoms with E-state index in [-0.39, 0.29) is 0 Å². The monoisotopic (exact) mass is 364 g/mol. The third kappa shape index (κ3) is 3.56. The predicted octanol–water partition coefficient (Wildman–Crippen LogP) is 3.50. The van der Waals surface area contributed by atoms with E-state index in [9.17, 15) is 18.0 Å². The molecule has 0 saturated carbocycles. The van der Waals surface area contributed by atoms with Crippen molar-refractivity contribution < 1.29 is 18.0 Å². The van der Waals surface area contributed by atoms with Crippen LogP contribution in [0.25, 0.3) is 0 Å². The van der Waals surface area contributed by atoms with Crippen molar-refractivity contribution in [3.63, 3.8) is 0 Å². The number of alkyl halides is 3. The Morgan fingerprint density at radius 1 is 1.43 bits per heavy atom. The summed E-state index contributed by atoms with van der Waals surface area (Å²) in [5.41, 5.74) is 0.378. The lowest BCUT2D eigenvalue weighted by molar-refractivity contribution is -0.141. The van der Waals surface area contributed by atoms with Crippen LogP contribution in [0.1, 0.15) is 24.4 Å². The van der Waals surface area contributed by atoms with Crippen molar-refractivity contribution >= 4 is 35.1 Å². The highest BCUT2D eigenvalue weighted by Gasteiger charge is 2.37. The molecule has 10 heteroatoms. The van der Waals surface area contributed by atoms with Crippen molar-refractivity contribution in [2.75, 3.05) is 0 Å². The van der Waals surface area contributed by atoms with Gasteiger partial charge in [0.25, 0.3) is 0 Å². The number of nitrogens with zero attached hydrogens (tertiary/aromatic N) is 3. The Hall–Kier alpha value is -1.87. The van der Waals surface area contributed by atoms with E-state index in [0.29, 0.717) is 22.0 Å². The van der Waals surface area contributed by atoms with Crippen molar-refractivity contribution in [1.29, 1.82) is 0 Å². The lowest BCUT2D eigenvalue weighted by Crippen LogP contribution is -2.38. The molecule has 1 amide bonds. The molecule has 0 aromatic carbocycles. The molecule has 0 aliphatic rings. The average molecular weight is 365 g/mol. The van der Waals surface area contributed by atoms with E-state index >= 15 is 0 Å². The molecule has 1 N–H and O–H groups in total. The summed E-state index contributed by atoms with van der Waals surface area (Å²) in [5.74, 6) is 0. The Kier molecular flexibility index (Phi) is 4.81. The highest BCUT2D eigenvalue weighted by atomic mass is 35.5. The van der Waals surface area contributed by atoms with Gasteiger partial charge in [-0.1, -0.05) is 11.6 Å². The molecule has 124 valence electrons. The maximum atomic E-state index is 12.7. The number of rotatable bonds is 5. The van der Waals surface area contributed by atoms with Gasteiger partial charge in [-0.15, -0.1) is 11.3 Å². The third-order valence-electron chi connectivity index (χ3n) is 3.09. The fourth-order valence-electron chi connectivity index (χ4n) is 1.91. The molecular weight excluding hydrogens is 353 g/mol. The second kappa shape index (κ2) is 6.32. The number of carbonyl (C=O) groups excluding carboxylic acids is 1. The van der Waals surface area contributed by atoms with Crippen LogP contribution in [0.2, 0.25) is 5.02 Å². The number of carbonyl (C=O) groups is 1. The SMILES string of the molecule is CC(C)(C(=NNC=O)c1sccc1Cl)n1ccc(C(F)(F)F)n1. The van der Waals surface area contributed by atoms with Gasteiger partial charge < -0.3 is 0 Å². The van der Waals surface area contributed by atoms with E-state index in [1.807, 2.05) is 0 Å². The van der Waals surface area contributed by atoms with Gasteiger partial charge in [0.1, 0.15) is 11.3 Å². The van der Waals surface area contributed by atoms with Crippen molar-refractivity contribution in [1.82, 2.24) is 15.2 Å². The highest BCUT2D eigenvalue weighted by Crippen LogP contribution is 2.32. The Balaban J connectivity index is 2.50. The Morgan fingerprint density at radius 2 is 2.13 bits per heavy atom. The molecule has 0 bridgehead atoms. The molecule has 5 nitrogen and oxygen atoms in total. The largest absolute Gasteiger partial charge is 0.435 e. The van der Waals surface area contributed by atoms with Crippen LogP contribution in [0, 0.1) is 0 Å². The number of halogens is 4. The zero-order chi connectivity index (χ0) is 17.3. The Morgan fingerprint density at radius 3 is 2.61 bits per heavy atom. The summed E-state index contributed by atoms with van der Waals surface area (Å²) in [6.07, 6.45) is -2.97. The molecule has 0 saturated heterocycles. The van der Waals surface area contributed by atoms with Crippen LogP contribution in [0.15, 0.2) is 28.8 Å². The van der Waals surface area contributed by atoms with Crippen molar-refractivity contribution in [3.05, 3.63) is 39.3 Å². The molecule has 2 aromatic heterocycles. The minimum Gasteiger partial charge on any atom is -0.277 e. The molecule has 0 atom stereocenters. The number of aromatic nitrogens is 2. The number of hydrogen-bond donors (Lipinski definition) is 1. The van der Waals surface area contributed by atoms with Crippen LogP contribution in [-0.4, -0.2) is 21.9 Å². The smallest absolute Gasteiger partial charge is 0.277 e. The molecule has 0 aliphatic carbocycles. The Bertz CT molecular complexity index is 736. The van der Waals surface area contributed by atoms with Gasteiger partial charge >= 0.3 is 6.18 Å². The van der Waals surface area contributed by atoms with Gasteiger partial charge in [-0.3, -0.25) is 9.48 Å². The highest BCUT2D eigenvalue weighted by molar-refractivity contribution is 7.13. The van der Waals surface area contributed by atoms with E-state index in [1.54, 1.807) is 25.3 Å². The van der Waals surface area contributed by atoms with Crippen LogP contribution in [-0.2, 0) is 16.5 Å². The molecular formula is C13H12ClF3N4OS. The first kappa shape index (κ1) is 17.5. The topological polar surface area (TPSA) is 59.3 Å². The molecule has 0 fully saturated rings. The van der Waals surface area contributed by atoms with Gasteiger partial charge in [0.2, 0.25) is 6.41 Å². The summed E-state index contributed by atoms with van der Waals surface area (Å²) in [5, 5.41) is 9.63. The Labute approximate surface area is 138 Å². The normalized spacial score (nSPS) is 13.2. The van der Waals surface area contributed by atoms with Crippen LogP contribution in [0.5, 0.6) is 0 Å². The quantitative estimate of drug-likeness (QED) is 0.501. The van der Waals surface area contributed by atoms with E-state index in [4.69, 9.17) is 11.6 Å². The van der Waals surface area contributed by atoms with Crippen LogP contribution >= 0.6 is 22.9 Å². The molecule has 0 aliphatic heterocycles. The number of thiophene rings is 1. The number of amides is 1. The maximum Gasteiger partial charge on any atom is 0.435 e. The van der Waals surface area contributed by atoms with E-state index in [2.05, 4.69) is 15.6 Å². The van der Waals surface area contributed by atoms with Gasteiger partial charge in [-0.25, -0.2) is 5.43 Å². The fourth-order valence-corrected chi connectivity index (χ4v) is 3.20. The van der Waals surface area contributed by atoms with Crippen LogP contribution in [0.4, 0.5) is 13.2 Å². The second-order valence-corrected chi connectivity index (χ2v) is 6.33. The number of hydrazone groups is 1. The van der Waals surface area contributed by atoms with E-state index in [1.165, 1.54) is 17.5 Å². The summed E-state index contributed by atoms with van der Waals surface area (Å²) in [4.78, 5) is 11.1. The summed E-state index contributed by atoms with van der Waals surface area (Å²) >= 11 is 7.35. The minimum absolute atomic E-state index is 0.293. The zero-order valence-corrected chi connectivity index (χ0v) is 13.6. The second-order valence-electron chi connectivity index (χ2n) is 5.01. The third-order valence-corrected chi connectivity index (χ3v) is 4.44. The van der Waals surface area contributed by atoms with Gasteiger partial charge in [0.15, 0.2) is 5.69 Å². The van der Waals surface area contributed by atoms with Gasteiger partial charge in [-0.05, 0) is 31.4 Å². The molecule has 0 unspecified atom stereocenters. The lowest BCUT2D eigenvalue weighted by Gasteiger charge is -2.27. The molecule has 23 heavy (non-hydrogen) atoms. The standard InChI is InChI=1S/C13H12ClF3N4OS/c1-12(2,21-5-3-9(20-21)13(15,16)17)11(19-18-7-22)10-8(14)4-6-23-10/h3-7H,1-2H3,(H,18,22).